The number of hydrogen-bond donors (Lipinski definition) is 1. The van der Waals surface area contributed by atoms with E-state index in [0.29, 0.717) is 26.0 Å². The minimum atomic E-state index is -0.837. The van der Waals surface area contributed by atoms with Gasteiger partial charge in [-0.1, -0.05) is 13.8 Å². The predicted molar refractivity (Wildman–Crippen MR) is 58.2 cm³/mol. The van der Waals surface area contributed by atoms with Crippen LogP contribution < -0.4 is 0 Å². The van der Waals surface area contributed by atoms with E-state index in [1.807, 2.05) is 13.8 Å². The van der Waals surface area contributed by atoms with Crippen LogP contribution in [0.3, 0.4) is 0 Å². The van der Waals surface area contributed by atoms with Crippen LogP contribution in [0.5, 0.6) is 0 Å². The molecule has 1 aliphatic rings. The summed E-state index contributed by atoms with van der Waals surface area (Å²) in [7, 11) is 0. The molecular formula is C11H19NO4. The number of nitrogens with zero attached hydrogens (tertiary/aromatic N) is 1. The summed E-state index contributed by atoms with van der Waals surface area (Å²) in [5, 5.41) is 9.26. The number of carbonyl (C=O) groups excluding carboxylic acids is 1. The van der Waals surface area contributed by atoms with Crippen molar-refractivity contribution in [1.29, 1.82) is 0 Å². The summed E-state index contributed by atoms with van der Waals surface area (Å²) in [6.07, 6.45) is 1.42. The molecule has 0 unspecified atom stereocenters. The third kappa shape index (κ3) is 2.46. The molecule has 5 nitrogen and oxygen atoms in total. The highest BCUT2D eigenvalue weighted by atomic mass is 16.6. The Morgan fingerprint density at radius 1 is 1.50 bits per heavy atom. The van der Waals surface area contributed by atoms with Crippen LogP contribution in [0, 0.1) is 5.41 Å². The smallest absolute Gasteiger partial charge is 0.409 e. The fraction of sp³-hybridized carbons (Fsp3) is 0.818. The normalized spacial score (nSPS) is 17.1. The lowest BCUT2D eigenvalue weighted by molar-refractivity contribution is -0.150. The molecule has 0 radical (unpaired) electrons. The first-order valence-corrected chi connectivity index (χ1v) is 5.71. The molecule has 16 heavy (non-hydrogen) atoms. The largest absolute Gasteiger partial charge is 0.481 e. The summed E-state index contributed by atoms with van der Waals surface area (Å²) in [5.74, 6) is -0.837. The number of carbonyl (C=O) groups is 2. The van der Waals surface area contributed by atoms with Crippen LogP contribution in [0.1, 0.15) is 33.1 Å². The summed E-state index contributed by atoms with van der Waals surface area (Å²) in [5.41, 5.74) is -0.837. The van der Waals surface area contributed by atoms with E-state index >= 15 is 0 Å². The van der Waals surface area contributed by atoms with Crippen molar-refractivity contribution in [3.8, 4) is 0 Å². The van der Waals surface area contributed by atoms with Crippen LogP contribution in [-0.4, -0.2) is 41.8 Å². The van der Waals surface area contributed by atoms with Gasteiger partial charge >= 0.3 is 12.1 Å². The SMILES string of the molecule is CCC(CC)(CN1CCCOC1=O)C(=O)O. The molecule has 5 heteroatoms. The zero-order valence-corrected chi connectivity index (χ0v) is 9.86. The summed E-state index contributed by atoms with van der Waals surface area (Å²) in [4.78, 5) is 24.2. The number of aliphatic carboxylic acids is 1. The topological polar surface area (TPSA) is 66.8 Å². The summed E-state index contributed by atoms with van der Waals surface area (Å²) >= 11 is 0. The highest BCUT2D eigenvalue weighted by Crippen LogP contribution is 2.29. The van der Waals surface area contributed by atoms with Gasteiger partial charge in [0.05, 0.1) is 12.0 Å². The zero-order valence-electron chi connectivity index (χ0n) is 9.86. The second-order valence-electron chi connectivity index (χ2n) is 4.18. The number of ether oxygens (including phenoxy) is 1. The van der Waals surface area contributed by atoms with E-state index in [-0.39, 0.29) is 6.54 Å². The Hall–Kier alpha value is -1.26. The minimum absolute atomic E-state index is 0.244. The third-order valence-electron chi connectivity index (χ3n) is 3.36. The van der Waals surface area contributed by atoms with E-state index in [9.17, 15) is 14.7 Å². The average Bonchev–Trinajstić information content (AvgIpc) is 2.28. The van der Waals surface area contributed by atoms with Crippen molar-refractivity contribution in [2.24, 2.45) is 5.41 Å². The number of hydrogen-bond acceptors (Lipinski definition) is 3. The van der Waals surface area contributed by atoms with Crippen LogP contribution >= 0.6 is 0 Å². The molecule has 1 aliphatic heterocycles. The standard InChI is InChI=1S/C11H19NO4/c1-3-11(4-2,9(13)14)8-12-6-5-7-16-10(12)15/h3-8H2,1-2H3,(H,13,14). The zero-order chi connectivity index (χ0) is 12.2. The van der Waals surface area contributed by atoms with Crippen molar-refractivity contribution in [3.63, 3.8) is 0 Å². The maximum Gasteiger partial charge on any atom is 0.409 e. The van der Waals surface area contributed by atoms with Crippen LogP contribution in [0.2, 0.25) is 0 Å². The van der Waals surface area contributed by atoms with Gasteiger partial charge in [-0.2, -0.15) is 0 Å². The second-order valence-corrected chi connectivity index (χ2v) is 4.18. The second kappa shape index (κ2) is 5.18. The number of amides is 1. The van der Waals surface area contributed by atoms with Gasteiger partial charge in [0.15, 0.2) is 0 Å². The van der Waals surface area contributed by atoms with Gasteiger partial charge in [0.25, 0.3) is 0 Å². The summed E-state index contributed by atoms with van der Waals surface area (Å²) < 4.78 is 4.90. The molecular weight excluding hydrogens is 210 g/mol. The van der Waals surface area contributed by atoms with Gasteiger partial charge < -0.3 is 14.7 Å². The number of carboxylic acid groups (broad SMARTS) is 1. The number of rotatable bonds is 5. The molecule has 1 N–H and O–H groups in total. The predicted octanol–water partition coefficient (Wildman–Crippen LogP) is 1.72. The molecule has 1 heterocycles. The van der Waals surface area contributed by atoms with Gasteiger partial charge in [-0.05, 0) is 19.3 Å². The number of carboxylic acids is 1. The Kier molecular flexibility index (Phi) is 4.15. The summed E-state index contributed by atoms with van der Waals surface area (Å²) in [6, 6.07) is 0. The van der Waals surface area contributed by atoms with Crippen LogP contribution in [-0.2, 0) is 9.53 Å². The Morgan fingerprint density at radius 2 is 2.12 bits per heavy atom. The van der Waals surface area contributed by atoms with E-state index in [0.717, 1.165) is 6.42 Å². The number of cyclic esters (lactones) is 1. The fourth-order valence-electron chi connectivity index (χ4n) is 1.95. The van der Waals surface area contributed by atoms with E-state index in [4.69, 9.17) is 4.74 Å². The molecule has 0 bridgehead atoms. The Bertz CT molecular complexity index is 273. The maximum atomic E-state index is 11.4. The molecule has 0 atom stereocenters. The first-order valence-electron chi connectivity index (χ1n) is 5.71. The maximum absolute atomic E-state index is 11.4. The Labute approximate surface area is 95.4 Å². The Balaban J connectivity index is 2.74. The van der Waals surface area contributed by atoms with E-state index in [2.05, 4.69) is 0 Å². The molecule has 0 aromatic rings. The first kappa shape index (κ1) is 12.8. The van der Waals surface area contributed by atoms with Crippen molar-refractivity contribution < 1.29 is 19.4 Å². The van der Waals surface area contributed by atoms with E-state index in [1.54, 1.807) is 0 Å². The lowest BCUT2D eigenvalue weighted by Gasteiger charge is -2.35. The minimum Gasteiger partial charge on any atom is -0.481 e. The van der Waals surface area contributed by atoms with Gasteiger partial charge in [-0.15, -0.1) is 0 Å². The fourth-order valence-corrected chi connectivity index (χ4v) is 1.95. The van der Waals surface area contributed by atoms with Gasteiger partial charge in [0.2, 0.25) is 0 Å². The highest BCUT2D eigenvalue weighted by Gasteiger charge is 2.38. The molecule has 1 fully saturated rings. The van der Waals surface area contributed by atoms with Crippen LogP contribution in [0.4, 0.5) is 4.79 Å². The van der Waals surface area contributed by atoms with Gasteiger partial charge in [0.1, 0.15) is 0 Å². The molecule has 92 valence electrons. The highest BCUT2D eigenvalue weighted by molar-refractivity contribution is 5.76. The van der Waals surface area contributed by atoms with E-state index < -0.39 is 17.5 Å². The first-order chi connectivity index (χ1) is 7.55. The average molecular weight is 229 g/mol. The quantitative estimate of drug-likeness (QED) is 0.779. The van der Waals surface area contributed by atoms with Gasteiger partial charge in [-0.3, -0.25) is 4.79 Å². The third-order valence-corrected chi connectivity index (χ3v) is 3.36. The van der Waals surface area contributed by atoms with Crippen molar-refractivity contribution in [2.45, 2.75) is 33.1 Å². The molecule has 1 amide bonds. The van der Waals surface area contributed by atoms with Crippen LogP contribution in [0.15, 0.2) is 0 Å². The molecule has 0 aliphatic carbocycles. The van der Waals surface area contributed by atoms with Crippen molar-refractivity contribution in [2.75, 3.05) is 19.7 Å². The Morgan fingerprint density at radius 3 is 2.56 bits per heavy atom. The molecule has 0 aromatic carbocycles. The van der Waals surface area contributed by atoms with Crippen molar-refractivity contribution in [3.05, 3.63) is 0 Å². The molecule has 1 rings (SSSR count). The van der Waals surface area contributed by atoms with Crippen LogP contribution in [0.25, 0.3) is 0 Å². The monoisotopic (exact) mass is 229 g/mol. The van der Waals surface area contributed by atoms with Gasteiger partial charge in [-0.25, -0.2) is 4.79 Å². The van der Waals surface area contributed by atoms with E-state index in [1.165, 1.54) is 4.90 Å². The van der Waals surface area contributed by atoms with Crippen molar-refractivity contribution >= 4 is 12.1 Å². The van der Waals surface area contributed by atoms with Crippen molar-refractivity contribution in [1.82, 2.24) is 4.90 Å². The molecule has 0 saturated carbocycles. The summed E-state index contributed by atoms with van der Waals surface area (Å²) in [6.45, 7) is 4.95. The van der Waals surface area contributed by atoms with Gasteiger partial charge in [0, 0.05) is 13.1 Å². The molecule has 0 aromatic heterocycles. The molecule has 1 saturated heterocycles. The lowest BCUT2D eigenvalue weighted by atomic mass is 9.82. The molecule has 0 spiro atoms. The lowest BCUT2D eigenvalue weighted by Crippen LogP contribution is -2.47.